The number of nitrogens with one attached hydrogen (secondary N) is 1. The maximum absolute atomic E-state index is 11.9. The maximum atomic E-state index is 11.9. The molecule has 17 heavy (non-hydrogen) atoms. The van der Waals surface area contributed by atoms with Gasteiger partial charge in [0.1, 0.15) is 5.54 Å². The third kappa shape index (κ3) is 3.06. The molecule has 0 spiro atoms. The molecule has 2 N–H and O–H groups in total. The van der Waals surface area contributed by atoms with Gasteiger partial charge in [0.25, 0.3) is 5.91 Å². The second-order valence-corrected chi connectivity index (χ2v) is 5.23. The summed E-state index contributed by atoms with van der Waals surface area (Å²) in [7, 11) is 0. The molecule has 1 amide bonds. The Morgan fingerprint density at radius 2 is 2.06 bits per heavy atom. The van der Waals surface area contributed by atoms with Gasteiger partial charge in [0, 0.05) is 4.88 Å². The number of carboxylic acids is 1. The molecule has 0 aliphatic carbocycles. The van der Waals surface area contributed by atoms with Crippen molar-refractivity contribution < 1.29 is 14.7 Å². The lowest BCUT2D eigenvalue weighted by Gasteiger charge is -2.24. The molecule has 0 fully saturated rings. The summed E-state index contributed by atoms with van der Waals surface area (Å²) in [4.78, 5) is 24.6. The lowest BCUT2D eigenvalue weighted by atomic mass is 9.99. The van der Waals surface area contributed by atoms with Gasteiger partial charge in [0.2, 0.25) is 0 Å². The fourth-order valence-corrected chi connectivity index (χ4v) is 2.14. The van der Waals surface area contributed by atoms with Gasteiger partial charge < -0.3 is 10.4 Å². The van der Waals surface area contributed by atoms with E-state index in [2.05, 4.69) is 5.32 Å². The summed E-state index contributed by atoms with van der Waals surface area (Å²) in [6.45, 7) is 5.27. The molecule has 0 aliphatic rings. The second kappa shape index (κ2) is 5.31. The number of hydrogen-bond donors (Lipinski definition) is 2. The third-order valence-corrected chi connectivity index (χ3v) is 4.03. The Morgan fingerprint density at radius 3 is 2.47 bits per heavy atom. The van der Waals surface area contributed by atoms with Gasteiger partial charge in [-0.15, -0.1) is 11.3 Å². The Kier molecular flexibility index (Phi) is 4.28. The van der Waals surface area contributed by atoms with Gasteiger partial charge in [-0.3, -0.25) is 4.79 Å². The highest BCUT2D eigenvalue weighted by Gasteiger charge is 2.33. The number of aryl methyl sites for hydroxylation is 1. The average Bonchev–Trinajstić information content (AvgIpc) is 2.77. The first-order chi connectivity index (χ1) is 7.92. The highest BCUT2D eigenvalue weighted by Crippen LogP contribution is 2.18. The van der Waals surface area contributed by atoms with Gasteiger partial charge in [-0.05, 0) is 31.9 Å². The minimum Gasteiger partial charge on any atom is -0.480 e. The van der Waals surface area contributed by atoms with Crippen LogP contribution in [0.2, 0.25) is 0 Å². The summed E-state index contributed by atoms with van der Waals surface area (Å²) in [5, 5.41) is 11.6. The summed E-state index contributed by atoms with van der Waals surface area (Å²) in [5.41, 5.74) is -1.20. The Hall–Kier alpha value is -1.36. The van der Waals surface area contributed by atoms with Crippen molar-refractivity contribution in [3.63, 3.8) is 0 Å². The maximum Gasteiger partial charge on any atom is 0.329 e. The number of rotatable bonds is 5. The Labute approximate surface area is 105 Å². The molecule has 0 saturated carbocycles. The number of aliphatic carboxylic acids is 1. The molecule has 1 heterocycles. The van der Waals surface area contributed by atoms with Crippen LogP contribution >= 0.6 is 11.3 Å². The lowest BCUT2D eigenvalue weighted by molar-refractivity contribution is -0.143. The van der Waals surface area contributed by atoms with Crippen molar-refractivity contribution in [2.75, 3.05) is 0 Å². The predicted molar refractivity (Wildman–Crippen MR) is 67.5 cm³/mol. The van der Waals surface area contributed by atoms with E-state index >= 15 is 0 Å². The molecular formula is C12H17NO3S. The molecule has 4 nitrogen and oxygen atoms in total. The monoisotopic (exact) mass is 255 g/mol. The van der Waals surface area contributed by atoms with Gasteiger partial charge in [0.15, 0.2) is 0 Å². The van der Waals surface area contributed by atoms with Crippen LogP contribution in [0.5, 0.6) is 0 Å². The molecule has 0 radical (unpaired) electrons. The van der Waals surface area contributed by atoms with Gasteiger partial charge in [-0.2, -0.15) is 0 Å². The van der Waals surface area contributed by atoms with Crippen molar-refractivity contribution in [1.82, 2.24) is 5.32 Å². The zero-order chi connectivity index (χ0) is 13.1. The number of amides is 1. The summed E-state index contributed by atoms with van der Waals surface area (Å²) in [5.74, 6) is -1.33. The highest BCUT2D eigenvalue weighted by molar-refractivity contribution is 7.14. The molecule has 94 valence electrons. The van der Waals surface area contributed by atoms with Crippen LogP contribution in [0.1, 0.15) is 41.7 Å². The van der Waals surface area contributed by atoms with E-state index in [0.717, 1.165) is 11.3 Å². The van der Waals surface area contributed by atoms with Crippen LogP contribution in [0.3, 0.4) is 0 Å². The van der Waals surface area contributed by atoms with E-state index in [1.807, 2.05) is 13.0 Å². The van der Waals surface area contributed by atoms with Crippen molar-refractivity contribution in [3.8, 4) is 0 Å². The van der Waals surface area contributed by atoms with E-state index < -0.39 is 11.5 Å². The molecule has 0 bridgehead atoms. The van der Waals surface area contributed by atoms with Crippen molar-refractivity contribution in [2.45, 2.75) is 39.2 Å². The Bertz CT molecular complexity index is 427. The molecular weight excluding hydrogens is 238 g/mol. The largest absolute Gasteiger partial charge is 0.480 e. The zero-order valence-corrected chi connectivity index (χ0v) is 11.1. The summed E-state index contributed by atoms with van der Waals surface area (Å²) in [6, 6.07) is 3.63. The molecule has 5 heteroatoms. The van der Waals surface area contributed by atoms with E-state index in [4.69, 9.17) is 5.11 Å². The van der Waals surface area contributed by atoms with Crippen LogP contribution in [0.25, 0.3) is 0 Å². The SMILES string of the molecule is CCc1ccc(C(=O)NC(C)(CC)C(=O)O)s1. The first-order valence-electron chi connectivity index (χ1n) is 5.57. The molecule has 1 rings (SSSR count). The topological polar surface area (TPSA) is 66.4 Å². The van der Waals surface area contributed by atoms with Crippen LogP contribution in [0.15, 0.2) is 12.1 Å². The number of thiophene rings is 1. The normalized spacial score (nSPS) is 14.1. The Morgan fingerprint density at radius 1 is 1.41 bits per heavy atom. The van der Waals surface area contributed by atoms with E-state index in [-0.39, 0.29) is 5.91 Å². The second-order valence-electron chi connectivity index (χ2n) is 4.06. The van der Waals surface area contributed by atoms with Gasteiger partial charge >= 0.3 is 5.97 Å². The van der Waals surface area contributed by atoms with E-state index in [1.54, 1.807) is 13.0 Å². The van der Waals surface area contributed by atoms with Gasteiger partial charge in [-0.1, -0.05) is 13.8 Å². The average molecular weight is 255 g/mol. The van der Waals surface area contributed by atoms with Crippen LogP contribution in [-0.2, 0) is 11.2 Å². The number of carbonyl (C=O) groups excluding carboxylic acids is 1. The van der Waals surface area contributed by atoms with Crippen LogP contribution in [0.4, 0.5) is 0 Å². The van der Waals surface area contributed by atoms with Crippen LogP contribution in [0, 0.1) is 0 Å². The number of hydrogen-bond acceptors (Lipinski definition) is 3. The third-order valence-electron chi connectivity index (χ3n) is 2.80. The molecule has 1 aromatic heterocycles. The van der Waals surface area contributed by atoms with Crippen LogP contribution < -0.4 is 5.32 Å². The molecule has 0 saturated heterocycles. The van der Waals surface area contributed by atoms with E-state index in [1.165, 1.54) is 18.3 Å². The minimum atomic E-state index is -1.20. The molecule has 1 unspecified atom stereocenters. The molecule has 1 atom stereocenters. The minimum absolute atomic E-state index is 0.318. The van der Waals surface area contributed by atoms with E-state index in [0.29, 0.717) is 11.3 Å². The molecule has 1 aromatic rings. The van der Waals surface area contributed by atoms with Gasteiger partial charge in [0.05, 0.1) is 4.88 Å². The first-order valence-corrected chi connectivity index (χ1v) is 6.39. The van der Waals surface area contributed by atoms with Crippen molar-refractivity contribution in [1.29, 1.82) is 0 Å². The quantitative estimate of drug-likeness (QED) is 0.848. The fraction of sp³-hybridized carbons (Fsp3) is 0.500. The molecule has 0 aromatic carbocycles. The summed E-state index contributed by atoms with van der Waals surface area (Å²) in [6.07, 6.45) is 1.22. The first kappa shape index (κ1) is 13.7. The number of carbonyl (C=O) groups is 2. The van der Waals surface area contributed by atoms with Crippen molar-refractivity contribution in [3.05, 3.63) is 21.9 Å². The molecule has 0 aliphatic heterocycles. The van der Waals surface area contributed by atoms with Crippen LogP contribution in [-0.4, -0.2) is 22.5 Å². The predicted octanol–water partition coefficient (Wildman–Crippen LogP) is 2.29. The highest BCUT2D eigenvalue weighted by atomic mass is 32.1. The van der Waals surface area contributed by atoms with Crippen molar-refractivity contribution >= 4 is 23.2 Å². The number of carboxylic acid groups (broad SMARTS) is 1. The lowest BCUT2D eigenvalue weighted by Crippen LogP contribution is -2.51. The van der Waals surface area contributed by atoms with Crippen molar-refractivity contribution in [2.24, 2.45) is 0 Å². The van der Waals surface area contributed by atoms with E-state index in [9.17, 15) is 9.59 Å². The van der Waals surface area contributed by atoms with Gasteiger partial charge in [-0.25, -0.2) is 4.79 Å². The smallest absolute Gasteiger partial charge is 0.329 e. The summed E-state index contributed by atoms with van der Waals surface area (Å²) < 4.78 is 0. The Balaban J connectivity index is 2.81. The summed E-state index contributed by atoms with van der Waals surface area (Å²) >= 11 is 1.40. The zero-order valence-electron chi connectivity index (χ0n) is 10.2. The fourth-order valence-electron chi connectivity index (χ4n) is 1.30. The standard InChI is InChI=1S/C12H17NO3S/c1-4-8-6-7-9(17-8)10(14)13-12(3,5-2)11(15)16/h6-7H,4-5H2,1-3H3,(H,13,14)(H,15,16).